The van der Waals surface area contributed by atoms with E-state index in [1.54, 1.807) is 16.4 Å². The third kappa shape index (κ3) is 3.40. The maximum Gasteiger partial charge on any atom is 0.0847 e. The van der Waals surface area contributed by atoms with Gasteiger partial charge in [-0.15, -0.1) is 0 Å². The summed E-state index contributed by atoms with van der Waals surface area (Å²) in [7, 11) is 1.86. The highest BCUT2D eigenvalue weighted by Gasteiger charge is 2.14. The number of thioether (sulfide) groups is 1. The molecule has 1 unspecified atom stereocenters. The van der Waals surface area contributed by atoms with Crippen LogP contribution in [0.3, 0.4) is 0 Å². The van der Waals surface area contributed by atoms with Crippen molar-refractivity contribution in [1.82, 2.24) is 9.78 Å². The quantitative estimate of drug-likeness (QED) is 0.867. The summed E-state index contributed by atoms with van der Waals surface area (Å²) in [4.78, 5) is 0. The normalized spacial score (nSPS) is 13.1. The molecule has 0 fully saturated rings. The van der Waals surface area contributed by atoms with Gasteiger partial charge in [0, 0.05) is 13.5 Å². The summed E-state index contributed by atoms with van der Waals surface area (Å²) < 4.78 is 1.75. The van der Waals surface area contributed by atoms with Gasteiger partial charge in [0.05, 0.1) is 22.5 Å². The lowest BCUT2D eigenvalue weighted by Gasteiger charge is -2.10. The summed E-state index contributed by atoms with van der Waals surface area (Å²) in [6.45, 7) is 1.88. The van der Waals surface area contributed by atoms with Crippen molar-refractivity contribution < 1.29 is 5.11 Å². The number of aliphatic hydroxyl groups is 1. The van der Waals surface area contributed by atoms with E-state index in [0.717, 1.165) is 23.6 Å². The highest BCUT2D eigenvalue weighted by molar-refractivity contribution is 7.98. The molecule has 1 heterocycles. The van der Waals surface area contributed by atoms with Gasteiger partial charge in [-0.1, -0.05) is 11.6 Å². The molecule has 1 rings (SSSR count). The van der Waals surface area contributed by atoms with Gasteiger partial charge in [-0.2, -0.15) is 16.9 Å². The molecule has 0 saturated carbocycles. The van der Waals surface area contributed by atoms with Gasteiger partial charge in [0.1, 0.15) is 0 Å². The van der Waals surface area contributed by atoms with E-state index in [4.69, 9.17) is 11.6 Å². The van der Waals surface area contributed by atoms with Gasteiger partial charge in [0.25, 0.3) is 0 Å². The molecule has 0 radical (unpaired) electrons. The second kappa shape index (κ2) is 5.77. The zero-order valence-electron chi connectivity index (χ0n) is 9.33. The molecule has 1 atom stereocenters. The lowest BCUT2D eigenvalue weighted by molar-refractivity contribution is 0.169. The molecule has 0 aliphatic rings. The molecule has 15 heavy (non-hydrogen) atoms. The number of aliphatic hydroxyl groups excluding tert-OH is 1. The summed E-state index contributed by atoms with van der Waals surface area (Å²) in [6, 6.07) is 0. The van der Waals surface area contributed by atoms with Crippen LogP contribution in [0.1, 0.15) is 17.8 Å². The fraction of sp³-hybridized carbons (Fsp3) is 0.700. The van der Waals surface area contributed by atoms with E-state index in [1.807, 2.05) is 20.2 Å². The Labute approximate surface area is 99.8 Å². The second-order valence-corrected chi connectivity index (χ2v) is 4.97. The lowest BCUT2D eigenvalue weighted by atomic mass is 10.1. The smallest absolute Gasteiger partial charge is 0.0847 e. The predicted molar refractivity (Wildman–Crippen MR) is 65.7 cm³/mol. The first-order chi connectivity index (χ1) is 7.06. The maximum atomic E-state index is 9.78. The van der Waals surface area contributed by atoms with Crippen LogP contribution in [0.25, 0.3) is 0 Å². The first-order valence-electron chi connectivity index (χ1n) is 4.91. The fourth-order valence-electron chi connectivity index (χ4n) is 1.48. The Bertz CT molecular complexity index is 327. The van der Waals surface area contributed by atoms with Crippen LogP contribution in [0.2, 0.25) is 5.02 Å². The first-order valence-corrected chi connectivity index (χ1v) is 6.68. The molecule has 0 spiro atoms. The predicted octanol–water partition coefficient (Wildman–Crippen LogP) is 2.04. The third-order valence-corrected chi connectivity index (χ3v) is 3.48. The Morgan fingerprint density at radius 1 is 1.60 bits per heavy atom. The van der Waals surface area contributed by atoms with Gasteiger partial charge in [-0.25, -0.2) is 0 Å². The summed E-state index contributed by atoms with van der Waals surface area (Å²) in [5.41, 5.74) is 1.74. The lowest BCUT2D eigenvalue weighted by Crippen LogP contribution is -2.14. The zero-order valence-corrected chi connectivity index (χ0v) is 10.9. The Morgan fingerprint density at radius 2 is 2.27 bits per heavy atom. The Hall–Kier alpha value is -0.190. The van der Waals surface area contributed by atoms with E-state index in [0.29, 0.717) is 11.4 Å². The molecule has 0 aromatic carbocycles. The van der Waals surface area contributed by atoms with Crippen molar-refractivity contribution in [1.29, 1.82) is 0 Å². The van der Waals surface area contributed by atoms with Gasteiger partial charge in [0.2, 0.25) is 0 Å². The molecule has 86 valence electrons. The van der Waals surface area contributed by atoms with Crippen LogP contribution in [0, 0.1) is 6.92 Å². The molecule has 3 nitrogen and oxygen atoms in total. The highest BCUT2D eigenvalue weighted by Crippen LogP contribution is 2.21. The summed E-state index contributed by atoms with van der Waals surface area (Å²) in [5.74, 6) is 0.968. The van der Waals surface area contributed by atoms with E-state index in [9.17, 15) is 5.11 Å². The van der Waals surface area contributed by atoms with Crippen LogP contribution in [0.5, 0.6) is 0 Å². The minimum Gasteiger partial charge on any atom is -0.393 e. The Morgan fingerprint density at radius 3 is 2.73 bits per heavy atom. The van der Waals surface area contributed by atoms with Gasteiger partial charge in [0.15, 0.2) is 0 Å². The van der Waals surface area contributed by atoms with Crippen molar-refractivity contribution in [2.75, 3.05) is 12.0 Å². The standard InChI is InChI=1S/C10H17ClN2OS/c1-7-10(11)9(13(2)12-7)6-8(14)4-5-15-3/h8,14H,4-6H2,1-3H3. The minimum absolute atomic E-state index is 0.329. The fourth-order valence-corrected chi connectivity index (χ4v) is 2.23. The highest BCUT2D eigenvalue weighted by atomic mass is 35.5. The average molecular weight is 249 g/mol. The van der Waals surface area contributed by atoms with Crippen LogP contribution < -0.4 is 0 Å². The van der Waals surface area contributed by atoms with Crippen LogP contribution in [0.4, 0.5) is 0 Å². The number of aryl methyl sites for hydroxylation is 2. The van der Waals surface area contributed by atoms with E-state index in [1.165, 1.54) is 0 Å². The van der Waals surface area contributed by atoms with Crippen LogP contribution in [-0.4, -0.2) is 33.0 Å². The van der Waals surface area contributed by atoms with Gasteiger partial charge in [-0.3, -0.25) is 4.68 Å². The molecular formula is C10H17ClN2OS. The number of hydrogen-bond donors (Lipinski definition) is 1. The van der Waals surface area contributed by atoms with Gasteiger partial charge < -0.3 is 5.11 Å². The molecule has 1 aromatic rings. The van der Waals surface area contributed by atoms with E-state index in [-0.39, 0.29) is 6.10 Å². The monoisotopic (exact) mass is 248 g/mol. The molecule has 1 aromatic heterocycles. The van der Waals surface area contributed by atoms with Gasteiger partial charge >= 0.3 is 0 Å². The van der Waals surface area contributed by atoms with Gasteiger partial charge in [-0.05, 0) is 25.4 Å². The SMILES string of the molecule is CSCCC(O)Cc1c(Cl)c(C)nn1C. The summed E-state index contributed by atoms with van der Waals surface area (Å²) in [5, 5.41) is 14.7. The summed E-state index contributed by atoms with van der Waals surface area (Å²) >= 11 is 7.83. The topological polar surface area (TPSA) is 38.1 Å². The first kappa shape index (κ1) is 12.9. The number of aromatic nitrogens is 2. The number of hydrogen-bond acceptors (Lipinski definition) is 3. The molecule has 0 aliphatic carbocycles. The number of rotatable bonds is 5. The zero-order chi connectivity index (χ0) is 11.4. The minimum atomic E-state index is -0.329. The molecule has 0 amide bonds. The molecule has 1 N–H and O–H groups in total. The van der Waals surface area contributed by atoms with E-state index >= 15 is 0 Å². The molecular weight excluding hydrogens is 232 g/mol. The van der Waals surface area contributed by atoms with Crippen molar-refractivity contribution in [3.63, 3.8) is 0 Å². The molecule has 0 bridgehead atoms. The van der Waals surface area contributed by atoms with Crippen LogP contribution in [-0.2, 0) is 13.5 Å². The van der Waals surface area contributed by atoms with Crippen molar-refractivity contribution in [3.8, 4) is 0 Å². The molecule has 0 saturated heterocycles. The second-order valence-electron chi connectivity index (χ2n) is 3.61. The maximum absolute atomic E-state index is 9.78. The number of halogens is 1. The van der Waals surface area contributed by atoms with E-state index < -0.39 is 0 Å². The van der Waals surface area contributed by atoms with Crippen LogP contribution in [0.15, 0.2) is 0 Å². The van der Waals surface area contributed by atoms with Crippen molar-refractivity contribution in [2.45, 2.75) is 25.9 Å². The van der Waals surface area contributed by atoms with Crippen molar-refractivity contribution in [2.24, 2.45) is 7.05 Å². The Kier molecular flexibility index (Phi) is 4.96. The summed E-state index contributed by atoms with van der Waals surface area (Å²) in [6.07, 6.45) is 3.08. The van der Waals surface area contributed by atoms with Crippen LogP contribution >= 0.6 is 23.4 Å². The van der Waals surface area contributed by atoms with Crippen molar-refractivity contribution >= 4 is 23.4 Å². The van der Waals surface area contributed by atoms with Crippen molar-refractivity contribution in [3.05, 3.63) is 16.4 Å². The Balaban J connectivity index is 2.63. The molecule has 0 aliphatic heterocycles. The largest absolute Gasteiger partial charge is 0.393 e. The average Bonchev–Trinajstić information content (AvgIpc) is 2.42. The number of nitrogens with zero attached hydrogens (tertiary/aromatic N) is 2. The molecule has 5 heteroatoms. The van der Waals surface area contributed by atoms with E-state index in [2.05, 4.69) is 5.10 Å². The third-order valence-electron chi connectivity index (χ3n) is 2.35.